The van der Waals surface area contributed by atoms with Crippen molar-refractivity contribution in [2.45, 2.75) is 20.4 Å². The topological polar surface area (TPSA) is 56.8 Å². The molecule has 0 saturated carbocycles. The van der Waals surface area contributed by atoms with Crippen molar-refractivity contribution in [3.05, 3.63) is 101 Å². The highest BCUT2D eigenvalue weighted by Crippen LogP contribution is 2.33. The molecular formula is C28H28N4O2. The molecular weight excluding hydrogens is 424 g/mol. The van der Waals surface area contributed by atoms with E-state index in [4.69, 9.17) is 0 Å². The van der Waals surface area contributed by atoms with Crippen LogP contribution in [0.3, 0.4) is 0 Å². The lowest BCUT2D eigenvalue weighted by Crippen LogP contribution is -2.47. The van der Waals surface area contributed by atoms with Gasteiger partial charge in [-0.25, -0.2) is 0 Å². The van der Waals surface area contributed by atoms with Gasteiger partial charge in [0.25, 0.3) is 11.8 Å². The molecule has 5 rings (SSSR count). The maximum Gasteiger partial charge on any atom is 0.278 e. The number of anilines is 1. The molecule has 1 aromatic heterocycles. The van der Waals surface area contributed by atoms with Crippen molar-refractivity contribution in [1.82, 2.24) is 14.8 Å². The molecule has 0 N–H and O–H groups in total. The Morgan fingerprint density at radius 3 is 2.18 bits per heavy atom. The molecule has 3 heterocycles. The number of pyridine rings is 1. The van der Waals surface area contributed by atoms with E-state index in [2.05, 4.69) is 46.0 Å². The molecule has 0 aliphatic carbocycles. The molecule has 2 aromatic carbocycles. The third-order valence-corrected chi connectivity index (χ3v) is 6.49. The van der Waals surface area contributed by atoms with Gasteiger partial charge in [0.2, 0.25) is 0 Å². The number of carbonyl (C=O) groups excluding carboxylic acids is 2. The van der Waals surface area contributed by atoms with Gasteiger partial charge in [-0.3, -0.25) is 19.5 Å². The summed E-state index contributed by atoms with van der Waals surface area (Å²) in [6.07, 6.45) is 1.68. The highest BCUT2D eigenvalue weighted by atomic mass is 16.2. The number of rotatable bonds is 5. The second kappa shape index (κ2) is 9.14. The van der Waals surface area contributed by atoms with Crippen LogP contribution >= 0.6 is 0 Å². The Labute approximate surface area is 200 Å². The molecule has 1 saturated heterocycles. The van der Waals surface area contributed by atoms with Gasteiger partial charge in [-0.15, -0.1) is 0 Å². The van der Waals surface area contributed by atoms with Gasteiger partial charge < -0.3 is 9.80 Å². The average molecular weight is 453 g/mol. The summed E-state index contributed by atoms with van der Waals surface area (Å²) in [5.74, 6) is -0.495. The van der Waals surface area contributed by atoms with Crippen molar-refractivity contribution < 1.29 is 9.59 Å². The number of piperazine rings is 1. The highest BCUT2D eigenvalue weighted by Gasteiger charge is 2.42. The highest BCUT2D eigenvalue weighted by molar-refractivity contribution is 6.35. The van der Waals surface area contributed by atoms with E-state index >= 15 is 0 Å². The van der Waals surface area contributed by atoms with E-state index in [0.717, 1.165) is 24.2 Å². The number of hydrogen-bond acceptors (Lipinski definition) is 5. The largest absolute Gasteiger partial charge is 0.368 e. The molecule has 2 amide bonds. The smallest absolute Gasteiger partial charge is 0.278 e. The van der Waals surface area contributed by atoms with Crippen LogP contribution in [0.2, 0.25) is 0 Å². The summed E-state index contributed by atoms with van der Waals surface area (Å²) in [5, 5.41) is 0. The van der Waals surface area contributed by atoms with E-state index in [0.29, 0.717) is 30.1 Å². The predicted molar refractivity (Wildman–Crippen MR) is 133 cm³/mol. The van der Waals surface area contributed by atoms with Gasteiger partial charge in [0.05, 0.1) is 17.8 Å². The molecule has 0 spiro atoms. The summed E-state index contributed by atoms with van der Waals surface area (Å²) < 4.78 is 0. The van der Waals surface area contributed by atoms with Crippen LogP contribution in [0.1, 0.15) is 22.4 Å². The lowest BCUT2D eigenvalue weighted by atomic mass is 10.0. The first-order valence-electron chi connectivity index (χ1n) is 11.7. The number of nitrogens with zero attached hydrogens (tertiary/aromatic N) is 4. The molecule has 3 aromatic rings. The second-order valence-electron chi connectivity index (χ2n) is 8.92. The number of carbonyl (C=O) groups is 2. The maximum atomic E-state index is 13.6. The minimum atomic E-state index is -0.254. The van der Waals surface area contributed by atoms with Crippen LogP contribution in [0.4, 0.5) is 5.69 Å². The van der Waals surface area contributed by atoms with Gasteiger partial charge in [-0.1, -0.05) is 48.0 Å². The van der Waals surface area contributed by atoms with Crippen LogP contribution < -0.4 is 4.90 Å². The summed E-state index contributed by atoms with van der Waals surface area (Å²) in [6.45, 7) is 7.20. The predicted octanol–water partition coefficient (Wildman–Crippen LogP) is 3.80. The first kappa shape index (κ1) is 21.9. The van der Waals surface area contributed by atoms with Crippen molar-refractivity contribution >= 4 is 23.1 Å². The molecule has 2 aliphatic rings. The fourth-order valence-electron chi connectivity index (χ4n) is 4.65. The monoisotopic (exact) mass is 452 g/mol. The average Bonchev–Trinajstić information content (AvgIpc) is 3.10. The molecule has 0 unspecified atom stereocenters. The number of amides is 2. The van der Waals surface area contributed by atoms with Crippen LogP contribution in [-0.2, 0) is 16.1 Å². The molecule has 172 valence electrons. The maximum absolute atomic E-state index is 13.6. The molecule has 1 fully saturated rings. The van der Waals surface area contributed by atoms with Crippen molar-refractivity contribution in [1.29, 1.82) is 0 Å². The number of hydrogen-bond donors (Lipinski definition) is 0. The standard InChI is InChI=1S/C28H28N4O2/c1-20-9-11-22(12-10-20)25-26(28(34)32(27(25)33)19-23-7-3-4-13-29-23)31-16-14-30(15-17-31)24-8-5-6-21(2)18-24/h3-13,18H,14-17,19H2,1-2H3. The minimum absolute atomic E-state index is 0.167. The van der Waals surface area contributed by atoms with Crippen molar-refractivity contribution in [2.24, 2.45) is 0 Å². The van der Waals surface area contributed by atoms with Crippen molar-refractivity contribution in [3.63, 3.8) is 0 Å². The van der Waals surface area contributed by atoms with E-state index in [1.807, 2.05) is 49.4 Å². The summed E-state index contributed by atoms with van der Waals surface area (Å²) in [7, 11) is 0. The third-order valence-electron chi connectivity index (χ3n) is 6.49. The first-order chi connectivity index (χ1) is 16.5. The summed E-state index contributed by atoms with van der Waals surface area (Å²) >= 11 is 0. The van der Waals surface area contributed by atoms with Crippen LogP contribution in [0.25, 0.3) is 5.57 Å². The van der Waals surface area contributed by atoms with Gasteiger partial charge in [0.15, 0.2) is 0 Å². The van der Waals surface area contributed by atoms with Crippen molar-refractivity contribution in [3.8, 4) is 0 Å². The molecule has 0 radical (unpaired) electrons. The van der Waals surface area contributed by atoms with E-state index in [9.17, 15) is 9.59 Å². The molecule has 6 nitrogen and oxygen atoms in total. The molecule has 34 heavy (non-hydrogen) atoms. The summed E-state index contributed by atoms with van der Waals surface area (Å²) in [4.78, 5) is 37.3. The number of benzene rings is 2. The van der Waals surface area contributed by atoms with Gasteiger partial charge >= 0.3 is 0 Å². The summed E-state index contributed by atoms with van der Waals surface area (Å²) in [5.41, 5.74) is 6.00. The Morgan fingerprint density at radius 2 is 1.50 bits per heavy atom. The molecule has 2 aliphatic heterocycles. The number of aromatic nitrogens is 1. The molecule has 0 bridgehead atoms. The third kappa shape index (κ3) is 4.19. The Kier molecular flexibility index (Phi) is 5.88. The Hall–Kier alpha value is -3.93. The van der Waals surface area contributed by atoms with Crippen LogP contribution in [-0.4, -0.2) is 52.8 Å². The number of imide groups is 1. The normalized spacial score (nSPS) is 16.6. The van der Waals surface area contributed by atoms with E-state index < -0.39 is 0 Å². The van der Waals surface area contributed by atoms with Gasteiger partial charge in [0.1, 0.15) is 5.70 Å². The molecule has 6 heteroatoms. The first-order valence-corrected chi connectivity index (χ1v) is 11.7. The molecule has 0 atom stereocenters. The van der Waals surface area contributed by atoms with Crippen LogP contribution in [0.15, 0.2) is 78.6 Å². The van der Waals surface area contributed by atoms with E-state index in [1.165, 1.54) is 16.2 Å². The minimum Gasteiger partial charge on any atom is -0.368 e. The fraction of sp³-hybridized carbons (Fsp3) is 0.250. The van der Waals surface area contributed by atoms with Gasteiger partial charge in [-0.2, -0.15) is 0 Å². The zero-order valence-corrected chi connectivity index (χ0v) is 19.6. The van der Waals surface area contributed by atoms with E-state index in [-0.39, 0.29) is 18.4 Å². The Bertz CT molecular complexity index is 1240. The SMILES string of the molecule is Cc1ccc(C2=C(N3CCN(c4cccc(C)c4)CC3)C(=O)N(Cc3ccccn3)C2=O)cc1. The zero-order chi connectivity index (χ0) is 23.7. The lowest BCUT2D eigenvalue weighted by Gasteiger charge is -2.37. The second-order valence-corrected chi connectivity index (χ2v) is 8.92. The summed E-state index contributed by atoms with van der Waals surface area (Å²) in [6, 6.07) is 21.8. The van der Waals surface area contributed by atoms with Crippen LogP contribution in [0, 0.1) is 13.8 Å². The Balaban J connectivity index is 1.45. The lowest BCUT2D eigenvalue weighted by molar-refractivity contribution is -0.138. The fourth-order valence-corrected chi connectivity index (χ4v) is 4.65. The Morgan fingerprint density at radius 1 is 0.765 bits per heavy atom. The number of aryl methyl sites for hydroxylation is 2. The van der Waals surface area contributed by atoms with Gasteiger partial charge in [0, 0.05) is 38.1 Å². The quantitative estimate of drug-likeness (QED) is 0.551. The van der Waals surface area contributed by atoms with E-state index in [1.54, 1.807) is 6.20 Å². The van der Waals surface area contributed by atoms with Crippen molar-refractivity contribution in [2.75, 3.05) is 31.1 Å². The zero-order valence-electron chi connectivity index (χ0n) is 19.6. The van der Waals surface area contributed by atoms with Crippen LogP contribution in [0.5, 0.6) is 0 Å². The van der Waals surface area contributed by atoms with Gasteiger partial charge in [-0.05, 0) is 49.2 Å².